The summed E-state index contributed by atoms with van der Waals surface area (Å²) in [7, 11) is 0. The molecule has 0 spiro atoms. The first-order valence-electron chi connectivity index (χ1n) is 6.03. The topological polar surface area (TPSA) is 41.5 Å². The first-order chi connectivity index (χ1) is 9.08. The van der Waals surface area contributed by atoms with Crippen molar-refractivity contribution in [3.05, 3.63) is 57.3 Å². The summed E-state index contributed by atoms with van der Waals surface area (Å²) in [5.41, 5.74) is 6.79. The molecule has 1 amide bonds. The molecule has 0 radical (unpaired) electrons. The van der Waals surface area contributed by atoms with Gasteiger partial charge in [-0.15, -0.1) is 11.3 Å². The molecule has 0 unspecified atom stereocenters. The molecule has 0 aliphatic heterocycles. The molecule has 0 aliphatic carbocycles. The Morgan fingerprint density at radius 2 is 2.05 bits per heavy atom. The van der Waals surface area contributed by atoms with Gasteiger partial charge < -0.3 is 0 Å². The van der Waals surface area contributed by atoms with Crippen molar-refractivity contribution in [2.45, 2.75) is 20.8 Å². The van der Waals surface area contributed by atoms with Crippen LogP contribution in [0.1, 0.15) is 33.3 Å². The van der Waals surface area contributed by atoms with Gasteiger partial charge in [-0.05, 0) is 43.8 Å². The number of hydrogen-bond donors (Lipinski definition) is 1. The Balaban J connectivity index is 2.15. The van der Waals surface area contributed by atoms with E-state index >= 15 is 0 Å². The number of hydrazone groups is 1. The van der Waals surface area contributed by atoms with E-state index in [1.807, 2.05) is 32.2 Å². The van der Waals surface area contributed by atoms with Gasteiger partial charge in [-0.2, -0.15) is 5.10 Å². The highest BCUT2D eigenvalue weighted by Gasteiger charge is 2.06. The minimum atomic E-state index is -0.167. The quantitative estimate of drug-likeness (QED) is 0.674. The molecular formula is C15H16N2OS. The SMILES string of the molecule is C/C(=N/NC(=O)c1cccs1)c1cc(C)ccc1C. The predicted octanol–water partition coefficient (Wildman–Crippen LogP) is 3.52. The molecule has 0 atom stereocenters. The Kier molecular flexibility index (Phi) is 4.12. The van der Waals surface area contributed by atoms with Crippen LogP contribution in [0.15, 0.2) is 40.8 Å². The number of nitrogens with zero attached hydrogens (tertiary/aromatic N) is 1. The Hall–Kier alpha value is -1.94. The third-order valence-corrected chi connectivity index (χ3v) is 3.72. The molecule has 0 aliphatic rings. The molecule has 2 rings (SSSR count). The zero-order valence-electron chi connectivity index (χ0n) is 11.2. The van der Waals surface area contributed by atoms with Crippen molar-refractivity contribution in [2.24, 2.45) is 5.10 Å². The van der Waals surface area contributed by atoms with Gasteiger partial charge in [0.1, 0.15) is 0 Å². The van der Waals surface area contributed by atoms with Crippen LogP contribution in [0.5, 0.6) is 0 Å². The Morgan fingerprint density at radius 1 is 1.26 bits per heavy atom. The van der Waals surface area contributed by atoms with Crippen LogP contribution in [0.3, 0.4) is 0 Å². The van der Waals surface area contributed by atoms with Crippen LogP contribution in [0.25, 0.3) is 0 Å². The van der Waals surface area contributed by atoms with Crippen LogP contribution in [-0.2, 0) is 0 Å². The second kappa shape index (κ2) is 5.80. The van der Waals surface area contributed by atoms with E-state index in [1.54, 1.807) is 6.07 Å². The molecule has 0 fully saturated rings. The molecule has 3 nitrogen and oxygen atoms in total. The Bertz CT molecular complexity index is 615. The van der Waals surface area contributed by atoms with E-state index in [0.717, 1.165) is 16.8 Å². The van der Waals surface area contributed by atoms with E-state index in [9.17, 15) is 4.79 Å². The lowest BCUT2D eigenvalue weighted by atomic mass is 10.0. The molecule has 0 bridgehead atoms. The number of nitrogens with one attached hydrogen (secondary N) is 1. The highest BCUT2D eigenvalue weighted by Crippen LogP contribution is 2.12. The molecule has 1 N–H and O–H groups in total. The van der Waals surface area contributed by atoms with Gasteiger partial charge in [0, 0.05) is 5.56 Å². The van der Waals surface area contributed by atoms with Crippen LogP contribution >= 0.6 is 11.3 Å². The molecule has 1 aromatic carbocycles. The lowest BCUT2D eigenvalue weighted by molar-refractivity contribution is 0.0959. The van der Waals surface area contributed by atoms with Crippen LogP contribution in [0, 0.1) is 13.8 Å². The number of benzene rings is 1. The number of hydrogen-bond acceptors (Lipinski definition) is 3. The fourth-order valence-electron chi connectivity index (χ4n) is 1.78. The highest BCUT2D eigenvalue weighted by atomic mass is 32.1. The van der Waals surface area contributed by atoms with Crippen molar-refractivity contribution >= 4 is 23.0 Å². The van der Waals surface area contributed by atoms with E-state index in [0.29, 0.717) is 4.88 Å². The maximum absolute atomic E-state index is 11.8. The molecular weight excluding hydrogens is 256 g/mol. The molecule has 19 heavy (non-hydrogen) atoms. The van der Waals surface area contributed by atoms with Crippen LogP contribution in [0.2, 0.25) is 0 Å². The number of rotatable bonds is 3. The maximum Gasteiger partial charge on any atom is 0.281 e. The summed E-state index contributed by atoms with van der Waals surface area (Å²) >= 11 is 1.40. The van der Waals surface area contributed by atoms with Gasteiger partial charge in [-0.3, -0.25) is 4.79 Å². The van der Waals surface area contributed by atoms with Crippen molar-refractivity contribution in [2.75, 3.05) is 0 Å². The maximum atomic E-state index is 11.8. The van der Waals surface area contributed by atoms with E-state index in [1.165, 1.54) is 16.9 Å². The van der Waals surface area contributed by atoms with Gasteiger partial charge in [0.05, 0.1) is 10.6 Å². The predicted molar refractivity (Wildman–Crippen MR) is 79.9 cm³/mol. The largest absolute Gasteiger partial charge is 0.281 e. The zero-order chi connectivity index (χ0) is 13.8. The van der Waals surface area contributed by atoms with Crippen molar-refractivity contribution in [3.63, 3.8) is 0 Å². The summed E-state index contributed by atoms with van der Waals surface area (Å²) in [5.74, 6) is -0.167. The van der Waals surface area contributed by atoms with E-state index in [-0.39, 0.29) is 5.91 Å². The van der Waals surface area contributed by atoms with Crippen molar-refractivity contribution in [1.82, 2.24) is 5.43 Å². The number of aryl methyl sites for hydroxylation is 2. The number of carbonyl (C=O) groups is 1. The monoisotopic (exact) mass is 272 g/mol. The smallest absolute Gasteiger partial charge is 0.266 e. The van der Waals surface area contributed by atoms with Gasteiger partial charge in [0.15, 0.2) is 0 Å². The Morgan fingerprint density at radius 3 is 2.74 bits per heavy atom. The first-order valence-corrected chi connectivity index (χ1v) is 6.91. The van der Waals surface area contributed by atoms with Crippen molar-refractivity contribution in [1.29, 1.82) is 0 Å². The van der Waals surface area contributed by atoms with E-state index in [2.05, 4.69) is 28.7 Å². The normalized spacial score (nSPS) is 11.4. The summed E-state index contributed by atoms with van der Waals surface area (Å²) in [6, 6.07) is 9.83. The second-order valence-corrected chi connectivity index (χ2v) is 5.38. The molecule has 4 heteroatoms. The fourth-order valence-corrected chi connectivity index (χ4v) is 2.40. The third kappa shape index (κ3) is 3.29. The van der Waals surface area contributed by atoms with E-state index in [4.69, 9.17) is 0 Å². The summed E-state index contributed by atoms with van der Waals surface area (Å²) in [6.45, 7) is 5.98. The summed E-state index contributed by atoms with van der Waals surface area (Å²) < 4.78 is 0. The lowest BCUT2D eigenvalue weighted by Crippen LogP contribution is -2.18. The minimum absolute atomic E-state index is 0.167. The molecule has 0 saturated heterocycles. The average molecular weight is 272 g/mol. The first kappa shape index (κ1) is 13.5. The average Bonchev–Trinajstić information content (AvgIpc) is 2.92. The van der Waals surface area contributed by atoms with Gasteiger partial charge in [0.25, 0.3) is 5.91 Å². The molecule has 1 heterocycles. The lowest BCUT2D eigenvalue weighted by Gasteiger charge is -2.06. The molecule has 98 valence electrons. The third-order valence-electron chi connectivity index (χ3n) is 2.85. The zero-order valence-corrected chi connectivity index (χ0v) is 12.0. The van der Waals surface area contributed by atoms with Gasteiger partial charge in [-0.1, -0.05) is 23.8 Å². The molecule has 0 saturated carbocycles. The van der Waals surface area contributed by atoms with Crippen LogP contribution in [0.4, 0.5) is 0 Å². The van der Waals surface area contributed by atoms with E-state index < -0.39 is 0 Å². The fraction of sp³-hybridized carbons (Fsp3) is 0.200. The van der Waals surface area contributed by atoms with Crippen molar-refractivity contribution in [3.8, 4) is 0 Å². The number of thiophene rings is 1. The summed E-state index contributed by atoms with van der Waals surface area (Å²) in [5, 5.41) is 6.05. The molecule has 2 aromatic rings. The Labute approximate surface area is 117 Å². The number of carbonyl (C=O) groups excluding carboxylic acids is 1. The standard InChI is InChI=1S/C15H16N2OS/c1-10-6-7-11(2)13(9-10)12(3)16-17-15(18)14-5-4-8-19-14/h4-9H,1-3H3,(H,17,18)/b16-12-. The van der Waals surface area contributed by atoms with Crippen LogP contribution in [-0.4, -0.2) is 11.6 Å². The van der Waals surface area contributed by atoms with Crippen molar-refractivity contribution < 1.29 is 4.79 Å². The number of amides is 1. The summed E-state index contributed by atoms with van der Waals surface area (Å²) in [4.78, 5) is 12.5. The highest BCUT2D eigenvalue weighted by molar-refractivity contribution is 7.12. The summed E-state index contributed by atoms with van der Waals surface area (Å²) in [6.07, 6.45) is 0. The minimum Gasteiger partial charge on any atom is -0.266 e. The molecule has 1 aromatic heterocycles. The second-order valence-electron chi connectivity index (χ2n) is 4.43. The van der Waals surface area contributed by atoms with Gasteiger partial charge >= 0.3 is 0 Å². The van der Waals surface area contributed by atoms with Gasteiger partial charge in [-0.25, -0.2) is 5.43 Å². The van der Waals surface area contributed by atoms with Gasteiger partial charge in [0.2, 0.25) is 0 Å². The van der Waals surface area contributed by atoms with Crippen LogP contribution < -0.4 is 5.43 Å².